The molecule has 4 rings (SSSR count). The third-order valence-corrected chi connectivity index (χ3v) is 5.29. The summed E-state index contributed by atoms with van der Waals surface area (Å²) < 4.78 is 24.5. The number of benzene rings is 3. The van der Waals surface area contributed by atoms with Gasteiger partial charge in [-0.1, -0.05) is 35.9 Å². The van der Waals surface area contributed by atoms with E-state index in [1.807, 2.05) is 0 Å². The predicted octanol–water partition coefficient (Wildman–Crippen LogP) is 4.36. The number of carbonyl (C=O) groups excluding carboxylic acids is 3. The largest absolute Gasteiger partial charge is 0.490 e. The van der Waals surface area contributed by atoms with Gasteiger partial charge in [-0.15, -0.1) is 0 Å². The number of para-hydroxylation sites is 1. The highest BCUT2D eigenvalue weighted by Gasteiger charge is 2.34. The molecule has 184 valence electrons. The SMILES string of the molecule is CCOc1cc(/C=C2/C(=O)NN(c3ccccc3)C2=O)cc(Cl)c1OCC(=O)Nc1cccc(F)c1. The third-order valence-electron chi connectivity index (χ3n) is 5.00. The average molecular weight is 510 g/mol. The van der Waals surface area contributed by atoms with Crippen molar-refractivity contribution in [2.45, 2.75) is 6.92 Å². The lowest BCUT2D eigenvalue weighted by atomic mass is 10.1. The van der Waals surface area contributed by atoms with Gasteiger partial charge in [0, 0.05) is 5.69 Å². The Balaban J connectivity index is 1.53. The standard InChI is InChI=1S/C26H21ClFN3O5/c1-2-35-22-13-16(11-20-25(33)30-31(26(20)34)19-9-4-3-5-10-19)12-21(27)24(22)36-15-23(32)29-18-8-6-7-17(28)14-18/h3-14H,2,15H2,1H3,(H,29,32)(H,30,33)/b20-11-. The van der Waals surface area contributed by atoms with Crippen LogP contribution in [0.2, 0.25) is 5.02 Å². The molecule has 10 heteroatoms. The summed E-state index contributed by atoms with van der Waals surface area (Å²) in [6.07, 6.45) is 1.40. The number of halogens is 2. The van der Waals surface area contributed by atoms with Crippen LogP contribution in [0.1, 0.15) is 12.5 Å². The van der Waals surface area contributed by atoms with Crippen LogP contribution in [0.5, 0.6) is 11.5 Å². The molecule has 1 fully saturated rings. The van der Waals surface area contributed by atoms with E-state index in [9.17, 15) is 18.8 Å². The highest BCUT2D eigenvalue weighted by atomic mass is 35.5. The molecule has 36 heavy (non-hydrogen) atoms. The smallest absolute Gasteiger partial charge is 0.282 e. The molecule has 3 amide bonds. The van der Waals surface area contributed by atoms with Crippen molar-refractivity contribution in [2.24, 2.45) is 0 Å². The van der Waals surface area contributed by atoms with Crippen LogP contribution in [0.3, 0.4) is 0 Å². The van der Waals surface area contributed by atoms with E-state index < -0.39 is 30.1 Å². The Morgan fingerprint density at radius 1 is 1.08 bits per heavy atom. The number of hydrogen-bond donors (Lipinski definition) is 2. The first-order valence-electron chi connectivity index (χ1n) is 10.9. The number of carbonyl (C=O) groups is 3. The van der Waals surface area contributed by atoms with Crippen LogP contribution in [0.15, 0.2) is 72.3 Å². The number of hydrazine groups is 1. The van der Waals surface area contributed by atoms with Gasteiger partial charge in [0.15, 0.2) is 18.1 Å². The first-order chi connectivity index (χ1) is 17.4. The summed E-state index contributed by atoms with van der Waals surface area (Å²) in [5.74, 6) is -1.76. The summed E-state index contributed by atoms with van der Waals surface area (Å²) >= 11 is 6.41. The van der Waals surface area contributed by atoms with Gasteiger partial charge in [-0.05, 0) is 61.0 Å². The molecule has 1 heterocycles. The molecule has 1 aliphatic heterocycles. The van der Waals surface area contributed by atoms with Gasteiger partial charge in [-0.3, -0.25) is 19.8 Å². The lowest BCUT2D eigenvalue weighted by Crippen LogP contribution is -2.35. The van der Waals surface area contributed by atoms with Crippen molar-refractivity contribution in [3.05, 3.63) is 88.7 Å². The zero-order valence-electron chi connectivity index (χ0n) is 19.1. The molecule has 2 N–H and O–H groups in total. The Morgan fingerprint density at radius 2 is 1.86 bits per heavy atom. The van der Waals surface area contributed by atoms with Gasteiger partial charge < -0.3 is 14.8 Å². The number of ether oxygens (including phenoxy) is 2. The van der Waals surface area contributed by atoms with Crippen molar-refractivity contribution in [2.75, 3.05) is 23.5 Å². The normalized spacial score (nSPS) is 14.1. The highest BCUT2D eigenvalue weighted by molar-refractivity contribution is 6.33. The minimum atomic E-state index is -0.563. The number of amides is 3. The number of rotatable bonds is 8. The average Bonchev–Trinajstić information content (AvgIpc) is 3.12. The minimum Gasteiger partial charge on any atom is -0.490 e. The summed E-state index contributed by atoms with van der Waals surface area (Å²) in [5.41, 5.74) is 3.68. The van der Waals surface area contributed by atoms with Gasteiger partial charge >= 0.3 is 0 Å². The number of nitrogens with zero attached hydrogens (tertiary/aromatic N) is 1. The van der Waals surface area contributed by atoms with Gasteiger partial charge in [0.2, 0.25) is 0 Å². The Labute approximate surface area is 211 Å². The fourth-order valence-electron chi connectivity index (χ4n) is 3.46. The molecular formula is C26H21ClFN3O5. The molecule has 0 spiro atoms. The maximum Gasteiger partial charge on any atom is 0.282 e. The third kappa shape index (κ3) is 5.64. The molecule has 0 bridgehead atoms. The first kappa shape index (κ1) is 24.7. The van der Waals surface area contributed by atoms with Crippen molar-refractivity contribution in [3.8, 4) is 11.5 Å². The van der Waals surface area contributed by atoms with Crippen LogP contribution in [0.25, 0.3) is 6.08 Å². The fraction of sp³-hybridized carbons (Fsp3) is 0.115. The minimum absolute atomic E-state index is 0.0829. The topological polar surface area (TPSA) is 97.0 Å². The molecule has 0 saturated carbocycles. The maximum atomic E-state index is 13.3. The second kappa shape index (κ2) is 10.9. The molecule has 1 saturated heterocycles. The number of hydrogen-bond acceptors (Lipinski definition) is 5. The molecule has 3 aromatic rings. The number of nitrogens with one attached hydrogen (secondary N) is 2. The lowest BCUT2D eigenvalue weighted by molar-refractivity contribution is -0.118. The van der Waals surface area contributed by atoms with Crippen molar-refractivity contribution < 1.29 is 28.2 Å². The zero-order valence-corrected chi connectivity index (χ0v) is 19.8. The van der Waals surface area contributed by atoms with Crippen molar-refractivity contribution in [1.29, 1.82) is 0 Å². The molecule has 0 aromatic heterocycles. The summed E-state index contributed by atoms with van der Waals surface area (Å²) in [5, 5.41) is 3.80. The van der Waals surface area contributed by atoms with Gasteiger partial charge in [0.1, 0.15) is 11.4 Å². The molecule has 0 atom stereocenters. The van der Waals surface area contributed by atoms with E-state index in [0.717, 1.165) is 5.01 Å². The van der Waals surface area contributed by atoms with Gasteiger partial charge in [-0.2, -0.15) is 0 Å². The van der Waals surface area contributed by atoms with E-state index in [1.54, 1.807) is 49.4 Å². The maximum absolute atomic E-state index is 13.3. The quantitative estimate of drug-likeness (QED) is 0.347. The predicted molar refractivity (Wildman–Crippen MR) is 133 cm³/mol. The van der Waals surface area contributed by atoms with Gasteiger partial charge in [0.25, 0.3) is 17.7 Å². The summed E-state index contributed by atoms with van der Waals surface area (Å²) in [6.45, 7) is 1.61. The van der Waals surface area contributed by atoms with Crippen LogP contribution in [-0.2, 0) is 14.4 Å². The van der Waals surface area contributed by atoms with E-state index in [0.29, 0.717) is 11.3 Å². The summed E-state index contributed by atoms with van der Waals surface area (Å²) in [7, 11) is 0. The van der Waals surface area contributed by atoms with Crippen LogP contribution in [0, 0.1) is 5.82 Å². The molecular weight excluding hydrogens is 489 g/mol. The molecule has 3 aromatic carbocycles. The Kier molecular flexibility index (Phi) is 7.50. The van der Waals surface area contributed by atoms with Crippen molar-refractivity contribution in [1.82, 2.24) is 5.43 Å². The number of anilines is 2. The molecule has 0 aliphatic carbocycles. The molecule has 0 unspecified atom stereocenters. The van der Waals surface area contributed by atoms with Crippen LogP contribution >= 0.6 is 11.6 Å². The van der Waals surface area contributed by atoms with Crippen LogP contribution in [-0.4, -0.2) is 30.9 Å². The van der Waals surface area contributed by atoms with Crippen LogP contribution in [0.4, 0.5) is 15.8 Å². The van der Waals surface area contributed by atoms with E-state index in [1.165, 1.54) is 30.3 Å². The molecule has 8 nitrogen and oxygen atoms in total. The monoisotopic (exact) mass is 509 g/mol. The molecule has 0 radical (unpaired) electrons. The van der Waals surface area contributed by atoms with E-state index in [2.05, 4.69) is 10.7 Å². The highest BCUT2D eigenvalue weighted by Crippen LogP contribution is 2.37. The first-order valence-corrected chi connectivity index (χ1v) is 11.3. The van der Waals surface area contributed by atoms with Crippen LogP contribution < -0.4 is 25.2 Å². The van der Waals surface area contributed by atoms with Gasteiger partial charge in [0.05, 0.1) is 17.3 Å². The molecule has 1 aliphatic rings. The second-order valence-electron chi connectivity index (χ2n) is 7.59. The Hall–Kier alpha value is -4.37. The van der Waals surface area contributed by atoms with Crippen molar-refractivity contribution in [3.63, 3.8) is 0 Å². The van der Waals surface area contributed by atoms with E-state index in [4.69, 9.17) is 21.1 Å². The Bertz CT molecular complexity index is 1350. The van der Waals surface area contributed by atoms with E-state index >= 15 is 0 Å². The van der Waals surface area contributed by atoms with E-state index in [-0.39, 0.29) is 34.4 Å². The van der Waals surface area contributed by atoms with Gasteiger partial charge in [-0.25, -0.2) is 9.40 Å². The summed E-state index contributed by atoms with van der Waals surface area (Å²) in [6, 6.07) is 17.2. The Morgan fingerprint density at radius 3 is 2.58 bits per heavy atom. The van der Waals surface area contributed by atoms with Crippen molar-refractivity contribution >= 4 is 46.8 Å². The fourth-order valence-corrected chi connectivity index (χ4v) is 3.73. The lowest BCUT2D eigenvalue weighted by Gasteiger charge is -2.15. The summed E-state index contributed by atoms with van der Waals surface area (Å²) in [4.78, 5) is 37.6. The second-order valence-corrected chi connectivity index (χ2v) is 7.99. The zero-order chi connectivity index (χ0) is 25.7.